The molecule has 0 amide bonds. The second kappa shape index (κ2) is 8.96. The molecule has 5 heteroatoms. The molecule has 0 spiro atoms. The van der Waals surface area contributed by atoms with Gasteiger partial charge in [-0.25, -0.2) is 0 Å². The van der Waals surface area contributed by atoms with Crippen LogP contribution in [0.5, 0.6) is 0 Å². The van der Waals surface area contributed by atoms with Crippen molar-refractivity contribution in [2.75, 3.05) is 33.7 Å². The smallest absolute Gasteiger partial charge is 0.303 e. The van der Waals surface area contributed by atoms with E-state index < -0.39 is 5.97 Å². The van der Waals surface area contributed by atoms with Gasteiger partial charge in [-0.15, -0.1) is 0 Å². The Morgan fingerprint density at radius 3 is 2.38 bits per heavy atom. The molecule has 0 radical (unpaired) electrons. The van der Waals surface area contributed by atoms with E-state index in [1.54, 1.807) is 0 Å². The van der Waals surface area contributed by atoms with Gasteiger partial charge in [-0.2, -0.15) is 0 Å². The van der Waals surface area contributed by atoms with E-state index in [2.05, 4.69) is 34.6 Å². The third kappa shape index (κ3) is 10.4. The van der Waals surface area contributed by atoms with Crippen molar-refractivity contribution >= 4 is 22.1 Å². The first kappa shape index (κ1) is 15.9. The van der Waals surface area contributed by atoms with E-state index in [-0.39, 0.29) is 0 Å². The van der Waals surface area contributed by atoms with Crippen LogP contribution >= 0.6 is 16.1 Å². The van der Waals surface area contributed by atoms with Crippen molar-refractivity contribution in [2.24, 2.45) is 0 Å². The number of quaternary nitrogens is 1. The quantitative estimate of drug-likeness (QED) is 0.368. The highest BCUT2D eigenvalue weighted by Crippen LogP contribution is 2.06. The second-order valence-electron chi connectivity index (χ2n) is 4.82. The summed E-state index contributed by atoms with van der Waals surface area (Å²) >= 11 is 3.19. The molecule has 0 fully saturated rings. The molecule has 0 aromatic carbocycles. The number of carboxylic acid groups (broad SMARTS) is 1. The van der Waals surface area contributed by atoms with Gasteiger partial charge in [0.05, 0.1) is 27.2 Å². The van der Waals surface area contributed by atoms with E-state index in [0.717, 1.165) is 49.8 Å². The zero-order chi connectivity index (χ0) is 12.4. The Balaban J connectivity index is 3.46. The topological polar surface area (TPSA) is 49.3 Å². The van der Waals surface area contributed by atoms with Crippen LogP contribution in [0.25, 0.3) is 0 Å². The molecule has 96 valence electrons. The standard InChI is InChI=1S/C11H23BrN2O2/c1-14(2,10-6-8-13-12)9-5-3-4-7-11(15)16/h13H,3-10H2,1-2H3/p+1. The molecule has 0 saturated heterocycles. The fraction of sp³-hybridized carbons (Fsp3) is 0.909. The number of halogens is 1. The van der Waals surface area contributed by atoms with Crippen molar-refractivity contribution in [2.45, 2.75) is 32.1 Å². The van der Waals surface area contributed by atoms with Gasteiger partial charge in [0.15, 0.2) is 0 Å². The lowest BCUT2D eigenvalue weighted by molar-refractivity contribution is -0.890. The largest absolute Gasteiger partial charge is 0.481 e. The van der Waals surface area contributed by atoms with Crippen molar-refractivity contribution in [3.8, 4) is 0 Å². The number of carbonyl (C=O) groups is 1. The highest BCUT2D eigenvalue weighted by Gasteiger charge is 2.13. The molecular formula is C11H24BrN2O2+. The summed E-state index contributed by atoms with van der Waals surface area (Å²) in [6.07, 6.45) is 4.39. The summed E-state index contributed by atoms with van der Waals surface area (Å²) in [4.78, 5) is 10.3. The zero-order valence-corrected chi connectivity index (χ0v) is 11.9. The molecule has 2 N–H and O–H groups in total. The van der Waals surface area contributed by atoms with Gasteiger partial charge in [0.25, 0.3) is 0 Å². The molecule has 0 aliphatic heterocycles. The number of aliphatic carboxylic acids is 1. The summed E-state index contributed by atoms with van der Waals surface area (Å²) in [5, 5.41) is 8.50. The average molecular weight is 296 g/mol. The third-order valence-electron chi connectivity index (χ3n) is 2.69. The van der Waals surface area contributed by atoms with Gasteiger partial charge >= 0.3 is 5.97 Å². The fourth-order valence-corrected chi connectivity index (χ4v) is 1.96. The molecule has 0 heterocycles. The minimum Gasteiger partial charge on any atom is -0.481 e. The Morgan fingerprint density at radius 1 is 1.19 bits per heavy atom. The summed E-state index contributed by atoms with van der Waals surface area (Å²) in [6, 6.07) is 0. The molecule has 0 rings (SSSR count). The Kier molecular flexibility index (Phi) is 8.89. The number of nitrogens with one attached hydrogen (secondary N) is 1. The van der Waals surface area contributed by atoms with Crippen LogP contribution in [0.2, 0.25) is 0 Å². The molecule has 0 saturated carbocycles. The number of hydrogen-bond acceptors (Lipinski definition) is 2. The Labute approximate surface area is 107 Å². The normalized spacial score (nSPS) is 11.7. The summed E-state index contributed by atoms with van der Waals surface area (Å²) in [5.41, 5.74) is 0. The van der Waals surface area contributed by atoms with Crippen LogP contribution in [0.4, 0.5) is 0 Å². The van der Waals surface area contributed by atoms with E-state index in [1.165, 1.54) is 0 Å². The van der Waals surface area contributed by atoms with Gasteiger partial charge in [-0.1, -0.05) is 0 Å². The highest BCUT2D eigenvalue weighted by molar-refractivity contribution is 9.08. The van der Waals surface area contributed by atoms with Crippen LogP contribution < -0.4 is 4.34 Å². The van der Waals surface area contributed by atoms with Crippen molar-refractivity contribution in [1.82, 2.24) is 4.34 Å². The SMILES string of the molecule is C[N+](C)(CCCCCC(=O)O)CCCNBr. The van der Waals surface area contributed by atoms with Crippen LogP contribution in [-0.4, -0.2) is 49.3 Å². The molecule has 0 aliphatic rings. The maximum Gasteiger partial charge on any atom is 0.303 e. The van der Waals surface area contributed by atoms with Crippen LogP contribution in [-0.2, 0) is 4.79 Å². The van der Waals surface area contributed by atoms with Crippen LogP contribution in [0.15, 0.2) is 0 Å². The van der Waals surface area contributed by atoms with E-state index in [1.807, 2.05) is 0 Å². The lowest BCUT2D eigenvalue weighted by Gasteiger charge is -2.29. The highest BCUT2D eigenvalue weighted by atomic mass is 79.9. The lowest BCUT2D eigenvalue weighted by atomic mass is 10.2. The summed E-state index contributed by atoms with van der Waals surface area (Å²) < 4.78 is 3.98. The van der Waals surface area contributed by atoms with E-state index >= 15 is 0 Å². The van der Waals surface area contributed by atoms with Crippen LogP contribution in [0.1, 0.15) is 32.1 Å². The van der Waals surface area contributed by atoms with Crippen molar-refractivity contribution in [3.05, 3.63) is 0 Å². The first-order valence-electron chi connectivity index (χ1n) is 5.85. The molecule has 0 atom stereocenters. The maximum atomic E-state index is 10.3. The summed E-state index contributed by atoms with van der Waals surface area (Å²) in [6.45, 7) is 3.26. The average Bonchev–Trinajstić information content (AvgIpc) is 2.16. The minimum atomic E-state index is -0.683. The van der Waals surface area contributed by atoms with Gasteiger partial charge in [0, 0.05) is 35.5 Å². The van der Waals surface area contributed by atoms with Crippen molar-refractivity contribution in [1.29, 1.82) is 0 Å². The van der Waals surface area contributed by atoms with Crippen LogP contribution in [0, 0.1) is 0 Å². The zero-order valence-electron chi connectivity index (χ0n) is 10.3. The lowest BCUT2D eigenvalue weighted by Crippen LogP contribution is -2.41. The molecule has 0 unspecified atom stereocenters. The maximum absolute atomic E-state index is 10.3. The van der Waals surface area contributed by atoms with Gasteiger partial charge in [0.2, 0.25) is 0 Å². The Bertz CT molecular complexity index is 198. The number of rotatable bonds is 10. The van der Waals surface area contributed by atoms with E-state index in [0.29, 0.717) is 6.42 Å². The van der Waals surface area contributed by atoms with Crippen LogP contribution in [0.3, 0.4) is 0 Å². The number of nitrogens with zero attached hydrogens (tertiary/aromatic N) is 1. The molecule has 0 aliphatic carbocycles. The second-order valence-corrected chi connectivity index (χ2v) is 5.39. The molecule has 0 bridgehead atoms. The van der Waals surface area contributed by atoms with E-state index in [9.17, 15) is 4.79 Å². The van der Waals surface area contributed by atoms with Crippen molar-refractivity contribution in [3.63, 3.8) is 0 Å². The monoisotopic (exact) mass is 295 g/mol. The first-order chi connectivity index (χ1) is 7.48. The fourth-order valence-electron chi connectivity index (χ4n) is 1.68. The van der Waals surface area contributed by atoms with Gasteiger partial charge in [-0.05, 0) is 19.3 Å². The predicted molar refractivity (Wildman–Crippen MR) is 69.5 cm³/mol. The Morgan fingerprint density at radius 2 is 1.81 bits per heavy atom. The van der Waals surface area contributed by atoms with E-state index in [4.69, 9.17) is 5.11 Å². The van der Waals surface area contributed by atoms with Gasteiger partial charge < -0.3 is 9.59 Å². The predicted octanol–water partition coefficient (Wildman–Crippen LogP) is 2.00. The first-order valence-corrected chi connectivity index (χ1v) is 6.64. The number of carboxylic acids is 1. The minimum absolute atomic E-state index is 0.306. The summed E-state index contributed by atoms with van der Waals surface area (Å²) in [5.74, 6) is -0.683. The number of hydrogen-bond donors (Lipinski definition) is 2. The molecule has 0 aromatic heterocycles. The molecular weight excluding hydrogens is 272 g/mol. The van der Waals surface area contributed by atoms with Gasteiger partial charge in [-0.3, -0.25) is 9.14 Å². The molecule has 0 aromatic rings. The molecule has 4 nitrogen and oxygen atoms in total. The van der Waals surface area contributed by atoms with Crippen molar-refractivity contribution < 1.29 is 14.4 Å². The number of unbranched alkanes of at least 4 members (excludes halogenated alkanes) is 2. The summed E-state index contributed by atoms with van der Waals surface area (Å²) in [7, 11) is 4.46. The van der Waals surface area contributed by atoms with Gasteiger partial charge in [0.1, 0.15) is 0 Å². The third-order valence-corrected chi connectivity index (χ3v) is 3.09. The Hall–Kier alpha value is -0.130. The molecule has 16 heavy (non-hydrogen) atoms.